The Kier molecular flexibility index (Phi) is 3.37. The summed E-state index contributed by atoms with van der Waals surface area (Å²) in [5, 5.41) is 0. The molecule has 0 saturated carbocycles. The third-order valence-corrected chi connectivity index (χ3v) is 4.18. The van der Waals surface area contributed by atoms with E-state index in [0.29, 0.717) is 17.1 Å². The number of nitrogens with zero attached hydrogens (tertiary/aromatic N) is 3. The van der Waals surface area contributed by atoms with E-state index in [9.17, 15) is 4.39 Å². The molecule has 0 unspecified atom stereocenters. The van der Waals surface area contributed by atoms with Crippen molar-refractivity contribution in [3.63, 3.8) is 0 Å². The number of halogens is 1. The molecule has 0 N–H and O–H groups in total. The molecule has 3 nitrogen and oxygen atoms in total. The van der Waals surface area contributed by atoms with Crippen LogP contribution in [-0.2, 0) is 12.8 Å². The molecule has 0 spiro atoms. The van der Waals surface area contributed by atoms with Gasteiger partial charge in [-0.05, 0) is 50.5 Å². The van der Waals surface area contributed by atoms with Crippen molar-refractivity contribution in [3.8, 4) is 22.8 Å². The van der Waals surface area contributed by atoms with Gasteiger partial charge in [-0.2, -0.15) is 0 Å². The van der Waals surface area contributed by atoms with Gasteiger partial charge in [0.1, 0.15) is 11.5 Å². The molecule has 4 rings (SSSR count). The highest BCUT2D eigenvalue weighted by Crippen LogP contribution is 2.33. The monoisotopic (exact) mass is 305 g/mol. The van der Waals surface area contributed by atoms with Crippen LogP contribution in [0.15, 0.2) is 42.5 Å². The maximum atomic E-state index is 14.3. The summed E-state index contributed by atoms with van der Waals surface area (Å²) >= 11 is 0. The van der Waals surface area contributed by atoms with Gasteiger partial charge in [-0.1, -0.05) is 18.2 Å². The van der Waals surface area contributed by atoms with E-state index in [4.69, 9.17) is 0 Å². The normalized spacial score (nSPS) is 13.1. The largest absolute Gasteiger partial charge is 0.250 e. The van der Waals surface area contributed by atoms with Crippen LogP contribution in [0.4, 0.5) is 4.39 Å². The summed E-state index contributed by atoms with van der Waals surface area (Å²) in [6, 6.07) is 12.6. The molecule has 0 atom stereocenters. The fourth-order valence-corrected chi connectivity index (χ4v) is 3.09. The quantitative estimate of drug-likeness (QED) is 0.714. The van der Waals surface area contributed by atoms with Crippen molar-refractivity contribution in [1.29, 1.82) is 0 Å². The Labute approximate surface area is 134 Å². The van der Waals surface area contributed by atoms with Gasteiger partial charge in [0.2, 0.25) is 0 Å². The van der Waals surface area contributed by atoms with E-state index in [1.54, 1.807) is 12.1 Å². The van der Waals surface area contributed by atoms with E-state index in [0.717, 1.165) is 41.9 Å². The van der Waals surface area contributed by atoms with E-state index in [1.165, 1.54) is 6.07 Å². The summed E-state index contributed by atoms with van der Waals surface area (Å²) in [6.07, 6.45) is 2.86. The molecule has 2 aromatic heterocycles. The number of hydrogen-bond donors (Lipinski definition) is 0. The Morgan fingerprint density at radius 3 is 2.61 bits per heavy atom. The minimum Gasteiger partial charge on any atom is -0.250 e. The maximum Gasteiger partial charge on any atom is 0.178 e. The number of benzene rings is 1. The first-order valence-corrected chi connectivity index (χ1v) is 7.81. The lowest BCUT2D eigenvalue weighted by atomic mass is 10.0. The van der Waals surface area contributed by atoms with E-state index < -0.39 is 0 Å². The summed E-state index contributed by atoms with van der Waals surface area (Å²) in [7, 11) is 0. The summed E-state index contributed by atoms with van der Waals surface area (Å²) in [6.45, 7) is 1.94. The molecule has 114 valence electrons. The fraction of sp³-hybridized carbons (Fsp3) is 0.211. The van der Waals surface area contributed by atoms with Gasteiger partial charge < -0.3 is 0 Å². The molecular formula is C19H16FN3. The molecule has 1 aliphatic carbocycles. The van der Waals surface area contributed by atoms with Crippen molar-refractivity contribution < 1.29 is 4.39 Å². The van der Waals surface area contributed by atoms with Crippen molar-refractivity contribution in [3.05, 3.63) is 65.2 Å². The molecule has 3 aromatic rings. The van der Waals surface area contributed by atoms with Crippen LogP contribution >= 0.6 is 0 Å². The highest BCUT2D eigenvalue weighted by atomic mass is 19.1. The van der Waals surface area contributed by atoms with E-state index in [-0.39, 0.29) is 5.82 Å². The average Bonchev–Trinajstić information content (AvgIpc) is 3.03. The lowest BCUT2D eigenvalue weighted by Gasteiger charge is -2.11. The number of aromatic nitrogens is 3. The first kappa shape index (κ1) is 14.0. The second-order valence-corrected chi connectivity index (χ2v) is 5.82. The molecule has 0 saturated heterocycles. The Balaban J connectivity index is 1.94. The smallest absolute Gasteiger partial charge is 0.178 e. The molecule has 1 aliphatic rings. The van der Waals surface area contributed by atoms with Crippen LogP contribution in [0.25, 0.3) is 22.8 Å². The van der Waals surface area contributed by atoms with Crippen molar-refractivity contribution in [2.45, 2.75) is 26.2 Å². The Morgan fingerprint density at radius 2 is 1.78 bits per heavy atom. The fourth-order valence-electron chi connectivity index (χ4n) is 3.09. The molecule has 4 heteroatoms. The van der Waals surface area contributed by atoms with Gasteiger partial charge in [-0.3, -0.25) is 0 Å². The number of hydrogen-bond acceptors (Lipinski definition) is 3. The van der Waals surface area contributed by atoms with Crippen molar-refractivity contribution in [1.82, 2.24) is 15.0 Å². The molecule has 0 fully saturated rings. The van der Waals surface area contributed by atoms with Gasteiger partial charge in [0.05, 0.1) is 5.69 Å². The lowest BCUT2D eigenvalue weighted by Crippen LogP contribution is -2.02. The van der Waals surface area contributed by atoms with Crippen LogP contribution in [-0.4, -0.2) is 15.0 Å². The predicted octanol–water partition coefficient (Wildman–Crippen LogP) is 4.14. The minimum absolute atomic E-state index is 0.247. The lowest BCUT2D eigenvalue weighted by molar-refractivity contribution is 0.630. The van der Waals surface area contributed by atoms with Crippen LogP contribution in [0.1, 0.15) is 23.4 Å². The molecular weight excluding hydrogens is 289 g/mol. The van der Waals surface area contributed by atoms with Gasteiger partial charge in [0.25, 0.3) is 0 Å². The van der Waals surface area contributed by atoms with Gasteiger partial charge >= 0.3 is 0 Å². The summed E-state index contributed by atoms with van der Waals surface area (Å²) in [5.41, 5.74) is 5.00. The van der Waals surface area contributed by atoms with Gasteiger partial charge in [-0.25, -0.2) is 19.3 Å². The molecule has 23 heavy (non-hydrogen) atoms. The van der Waals surface area contributed by atoms with E-state index >= 15 is 0 Å². The number of aryl methyl sites for hydroxylation is 2. The van der Waals surface area contributed by atoms with Crippen LogP contribution in [0.3, 0.4) is 0 Å². The minimum atomic E-state index is -0.247. The van der Waals surface area contributed by atoms with Crippen LogP contribution in [0, 0.1) is 12.7 Å². The summed E-state index contributed by atoms with van der Waals surface area (Å²) in [5.74, 6) is 0.330. The second kappa shape index (κ2) is 5.54. The third-order valence-electron chi connectivity index (χ3n) is 4.18. The van der Waals surface area contributed by atoms with Crippen LogP contribution < -0.4 is 0 Å². The van der Waals surface area contributed by atoms with Crippen molar-refractivity contribution in [2.24, 2.45) is 0 Å². The van der Waals surface area contributed by atoms with Crippen molar-refractivity contribution in [2.75, 3.05) is 0 Å². The highest BCUT2D eigenvalue weighted by Gasteiger charge is 2.22. The number of rotatable bonds is 2. The number of fused-ring (bicyclic) bond motifs is 1. The highest BCUT2D eigenvalue weighted by molar-refractivity contribution is 5.68. The zero-order valence-electron chi connectivity index (χ0n) is 12.9. The predicted molar refractivity (Wildman–Crippen MR) is 87.4 cm³/mol. The topological polar surface area (TPSA) is 38.7 Å². The van der Waals surface area contributed by atoms with Gasteiger partial charge in [0.15, 0.2) is 5.82 Å². The first-order valence-electron chi connectivity index (χ1n) is 7.81. The van der Waals surface area contributed by atoms with Gasteiger partial charge in [0, 0.05) is 22.5 Å². The molecule has 2 heterocycles. The Bertz CT molecular complexity index is 890. The third kappa shape index (κ3) is 2.50. The summed E-state index contributed by atoms with van der Waals surface area (Å²) in [4.78, 5) is 13.9. The molecule has 0 aliphatic heterocycles. The summed E-state index contributed by atoms with van der Waals surface area (Å²) < 4.78 is 14.3. The molecule has 0 bridgehead atoms. The first-order chi connectivity index (χ1) is 11.2. The average molecular weight is 305 g/mol. The Hall–Kier alpha value is -2.62. The van der Waals surface area contributed by atoms with Gasteiger partial charge in [-0.15, -0.1) is 0 Å². The zero-order valence-corrected chi connectivity index (χ0v) is 12.9. The maximum absolute atomic E-state index is 14.3. The standard InChI is InChI=1S/C19H16FN3/c1-12-6-4-11-17(21-12)19-22-16-10-5-8-14(16)18(23-19)13-7-2-3-9-15(13)20/h2-4,6-7,9,11H,5,8,10H2,1H3. The SMILES string of the molecule is Cc1cccc(-c2nc3c(c(-c4ccccc4F)n2)CCC3)n1. The molecule has 0 amide bonds. The Morgan fingerprint density at radius 1 is 0.913 bits per heavy atom. The zero-order chi connectivity index (χ0) is 15.8. The van der Waals surface area contributed by atoms with Crippen LogP contribution in [0.2, 0.25) is 0 Å². The second-order valence-electron chi connectivity index (χ2n) is 5.82. The molecule has 1 aromatic carbocycles. The molecule has 0 radical (unpaired) electrons. The van der Waals surface area contributed by atoms with E-state index in [2.05, 4.69) is 15.0 Å². The van der Waals surface area contributed by atoms with Crippen LogP contribution in [0.5, 0.6) is 0 Å². The van der Waals surface area contributed by atoms with E-state index in [1.807, 2.05) is 31.2 Å². The number of pyridine rings is 1. The van der Waals surface area contributed by atoms with Crippen molar-refractivity contribution >= 4 is 0 Å².